The minimum absolute atomic E-state index is 0.713. The minimum atomic E-state index is 0.713. The third-order valence-electron chi connectivity index (χ3n) is 3.30. The fraction of sp³-hybridized carbons (Fsp3) is 0.538. The third kappa shape index (κ3) is 1.69. The zero-order chi connectivity index (χ0) is 10.1. The highest BCUT2D eigenvalue weighted by Gasteiger charge is 2.24. The molecule has 0 amide bonds. The van der Waals surface area contributed by atoms with Crippen LogP contribution >= 0.6 is 0 Å². The third-order valence-corrected chi connectivity index (χ3v) is 3.30. The average Bonchev–Trinajstić information content (AvgIpc) is 2.16. The van der Waals surface area contributed by atoms with Crippen molar-refractivity contribution in [2.75, 3.05) is 7.05 Å². The predicted molar refractivity (Wildman–Crippen MR) is 60.2 cm³/mol. The Kier molecular flexibility index (Phi) is 2.60. The van der Waals surface area contributed by atoms with Crippen LogP contribution in [0.25, 0.3) is 0 Å². The van der Waals surface area contributed by atoms with Gasteiger partial charge in [0.2, 0.25) is 0 Å². The Labute approximate surface area is 86.7 Å². The van der Waals surface area contributed by atoms with Gasteiger partial charge in [-0.1, -0.05) is 38.1 Å². The van der Waals surface area contributed by atoms with Crippen molar-refractivity contribution in [2.45, 2.75) is 32.9 Å². The first-order valence-electron chi connectivity index (χ1n) is 5.45. The van der Waals surface area contributed by atoms with Crippen molar-refractivity contribution in [3.05, 3.63) is 35.4 Å². The van der Waals surface area contributed by atoms with Crippen molar-refractivity contribution in [3.63, 3.8) is 0 Å². The second-order valence-electron chi connectivity index (χ2n) is 4.70. The molecule has 1 aromatic carbocycles. The quantitative estimate of drug-likeness (QED) is 0.656. The molecule has 1 aliphatic rings. The predicted octanol–water partition coefficient (Wildman–Crippen LogP) is 2.70. The van der Waals surface area contributed by atoms with E-state index in [0.29, 0.717) is 6.04 Å². The highest BCUT2D eigenvalue weighted by molar-refractivity contribution is 5.30. The lowest BCUT2D eigenvalue weighted by atomic mass is 9.88. The van der Waals surface area contributed by atoms with Gasteiger partial charge in [0.15, 0.2) is 0 Å². The van der Waals surface area contributed by atoms with Crippen LogP contribution in [0.4, 0.5) is 0 Å². The molecule has 14 heavy (non-hydrogen) atoms. The summed E-state index contributed by atoms with van der Waals surface area (Å²) >= 11 is 0. The van der Waals surface area contributed by atoms with Gasteiger partial charge in [0, 0.05) is 12.6 Å². The summed E-state index contributed by atoms with van der Waals surface area (Å²) in [5.74, 6) is 0.744. The number of hydrogen-bond acceptors (Lipinski definition) is 1. The van der Waals surface area contributed by atoms with Gasteiger partial charge in [-0.25, -0.2) is 0 Å². The molecular formula is C13H19N. The molecule has 1 aromatic rings. The Hall–Kier alpha value is -0.820. The van der Waals surface area contributed by atoms with Crippen LogP contribution in [0.5, 0.6) is 0 Å². The summed E-state index contributed by atoms with van der Waals surface area (Å²) in [6.45, 7) is 5.74. The van der Waals surface area contributed by atoms with E-state index in [1.54, 1.807) is 5.56 Å². The van der Waals surface area contributed by atoms with E-state index >= 15 is 0 Å². The Balaban J connectivity index is 2.27. The highest BCUT2D eigenvalue weighted by Crippen LogP contribution is 2.25. The van der Waals surface area contributed by atoms with Crippen molar-refractivity contribution in [2.24, 2.45) is 5.92 Å². The number of fused-ring (bicyclic) bond motifs is 1. The van der Waals surface area contributed by atoms with E-state index in [1.807, 2.05) is 0 Å². The maximum Gasteiger partial charge on any atom is 0.0236 e. The summed E-state index contributed by atoms with van der Waals surface area (Å²) in [5, 5.41) is 0. The largest absolute Gasteiger partial charge is 0.299 e. The molecule has 0 spiro atoms. The van der Waals surface area contributed by atoms with Gasteiger partial charge in [0.25, 0.3) is 0 Å². The van der Waals surface area contributed by atoms with E-state index in [9.17, 15) is 0 Å². The summed E-state index contributed by atoms with van der Waals surface area (Å²) in [6, 6.07) is 9.54. The molecule has 1 heterocycles. The molecule has 0 aliphatic carbocycles. The van der Waals surface area contributed by atoms with Gasteiger partial charge >= 0.3 is 0 Å². The first-order chi connectivity index (χ1) is 6.68. The standard InChI is InChI=1S/C13H19N/c1-10(2)13-8-11-6-4-5-7-12(11)9-14(13)3/h4-7,10,13H,8-9H2,1-3H3. The van der Waals surface area contributed by atoms with E-state index in [4.69, 9.17) is 0 Å². The zero-order valence-electron chi connectivity index (χ0n) is 9.33. The topological polar surface area (TPSA) is 3.24 Å². The first-order valence-corrected chi connectivity index (χ1v) is 5.45. The number of likely N-dealkylation sites (N-methyl/N-ethyl adjacent to an activating group) is 1. The molecule has 0 fully saturated rings. The Morgan fingerprint density at radius 1 is 1.21 bits per heavy atom. The van der Waals surface area contributed by atoms with Gasteiger partial charge in [-0.15, -0.1) is 0 Å². The van der Waals surface area contributed by atoms with Crippen LogP contribution in [0.15, 0.2) is 24.3 Å². The van der Waals surface area contributed by atoms with Crippen LogP contribution in [0.2, 0.25) is 0 Å². The van der Waals surface area contributed by atoms with Gasteiger partial charge in [-0.2, -0.15) is 0 Å². The average molecular weight is 189 g/mol. The number of hydrogen-bond donors (Lipinski definition) is 0. The normalized spacial score (nSPS) is 22.4. The summed E-state index contributed by atoms with van der Waals surface area (Å²) in [5.41, 5.74) is 3.05. The number of benzene rings is 1. The molecule has 0 saturated carbocycles. The van der Waals surface area contributed by atoms with E-state index in [0.717, 1.165) is 12.5 Å². The van der Waals surface area contributed by atoms with E-state index in [-0.39, 0.29) is 0 Å². The van der Waals surface area contributed by atoms with Gasteiger partial charge in [0.05, 0.1) is 0 Å². The lowest BCUT2D eigenvalue weighted by molar-refractivity contribution is 0.169. The molecule has 1 aliphatic heterocycles. The smallest absolute Gasteiger partial charge is 0.0236 e. The first kappa shape index (κ1) is 9.72. The maximum absolute atomic E-state index is 2.48. The summed E-state index contributed by atoms with van der Waals surface area (Å²) < 4.78 is 0. The van der Waals surface area contributed by atoms with Crippen LogP contribution < -0.4 is 0 Å². The van der Waals surface area contributed by atoms with Crippen molar-refractivity contribution in [1.29, 1.82) is 0 Å². The Bertz CT molecular complexity index is 317. The van der Waals surface area contributed by atoms with Crippen LogP contribution in [0, 0.1) is 5.92 Å². The van der Waals surface area contributed by atoms with E-state index in [2.05, 4.69) is 50.1 Å². The lowest BCUT2D eigenvalue weighted by Crippen LogP contribution is -2.40. The Morgan fingerprint density at radius 2 is 1.86 bits per heavy atom. The summed E-state index contributed by atoms with van der Waals surface area (Å²) in [4.78, 5) is 2.48. The van der Waals surface area contributed by atoms with Crippen molar-refractivity contribution < 1.29 is 0 Å². The number of nitrogens with zero attached hydrogens (tertiary/aromatic N) is 1. The molecule has 0 saturated heterocycles. The van der Waals surface area contributed by atoms with Crippen LogP contribution in [-0.4, -0.2) is 18.0 Å². The molecule has 0 radical (unpaired) electrons. The minimum Gasteiger partial charge on any atom is -0.299 e. The fourth-order valence-corrected chi connectivity index (χ4v) is 2.42. The molecule has 2 rings (SSSR count). The molecule has 1 unspecified atom stereocenters. The van der Waals surface area contributed by atoms with Crippen molar-refractivity contribution in [1.82, 2.24) is 4.90 Å². The molecular weight excluding hydrogens is 170 g/mol. The molecule has 1 heteroatoms. The summed E-state index contributed by atoms with van der Waals surface area (Å²) in [7, 11) is 2.24. The zero-order valence-corrected chi connectivity index (χ0v) is 9.33. The summed E-state index contributed by atoms with van der Waals surface area (Å²) in [6.07, 6.45) is 1.21. The second kappa shape index (κ2) is 3.74. The second-order valence-corrected chi connectivity index (χ2v) is 4.70. The van der Waals surface area contributed by atoms with Gasteiger partial charge in [0.1, 0.15) is 0 Å². The van der Waals surface area contributed by atoms with Crippen molar-refractivity contribution in [3.8, 4) is 0 Å². The van der Waals surface area contributed by atoms with Crippen molar-refractivity contribution >= 4 is 0 Å². The number of rotatable bonds is 1. The Morgan fingerprint density at radius 3 is 2.50 bits per heavy atom. The van der Waals surface area contributed by atoms with Crippen LogP contribution in [0.3, 0.4) is 0 Å². The van der Waals surface area contributed by atoms with E-state index in [1.165, 1.54) is 12.0 Å². The monoisotopic (exact) mass is 189 g/mol. The molecule has 1 atom stereocenters. The van der Waals surface area contributed by atoms with Gasteiger partial charge in [-0.3, -0.25) is 4.90 Å². The van der Waals surface area contributed by atoms with E-state index < -0.39 is 0 Å². The molecule has 0 bridgehead atoms. The van der Waals surface area contributed by atoms with Crippen LogP contribution in [-0.2, 0) is 13.0 Å². The molecule has 0 aromatic heterocycles. The van der Waals surface area contributed by atoms with Crippen LogP contribution in [0.1, 0.15) is 25.0 Å². The fourth-order valence-electron chi connectivity index (χ4n) is 2.42. The highest BCUT2D eigenvalue weighted by atomic mass is 15.1. The molecule has 1 nitrogen and oxygen atoms in total. The van der Waals surface area contributed by atoms with Gasteiger partial charge in [-0.05, 0) is 30.5 Å². The molecule has 76 valence electrons. The SMILES string of the molecule is CC(C)C1Cc2ccccc2CN1C. The molecule has 0 N–H and O–H groups in total. The van der Waals surface area contributed by atoms with Gasteiger partial charge < -0.3 is 0 Å². The maximum atomic E-state index is 2.48. The lowest BCUT2D eigenvalue weighted by Gasteiger charge is -2.36.